The summed E-state index contributed by atoms with van der Waals surface area (Å²) in [5.41, 5.74) is -0.0888. The molecule has 1 aromatic carbocycles. The molecule has 0 aliphatic carbocycles. The highest BCUT2D eigenvalue weighted by Crippen LogP contribution is 2.31. The third-order valence-electron chi connectivity index (χ3n) is 5.77. The number of carbonyl (C=O) groups excluding carboxylic acids is 2. The molecule has 1 N–H and O–H groups in total. The van der Waals surface area contributed by atoms with Crippen LogP contribution in [0.5, 0.6) is 0 Å². The van der Waals surface area contributed by atoms with Gasteiger partial charge >= 0.3 is 0 Å². The van der Waals surface area contributed by atoms with Gasteiger partial charge in [0.2, 0.25) is 5.91 Å². The van der Waals surface area contributed by atoms with Gasteiger partial charge < -0.3 is 15.1 Å². The van der Waals surface area contributed by atoms with Crippen molar-refractivity contribution in [3.8, 4) is 0 Å². The first kappa shape index (κ1) is 17.9. The van der Waals surface area contributed by atoms with E-state index in [-0.39, 0.29) is 17.9 Å². The fourth-order valence-electron chi connectivity index (χ4n) is 4.00. The van der Waals surface area contributed by atoms with Gasteiger partial charge in [-0.05, 0) is 51.3 Å². The number of likely N-dealkylation sites (tertiary alicyclic amines) is 2. The predicted molar refractivity (Wildman–Crippen MR) is 98.4 cm³/mol. The number of hydrogen-bond donors (Lipinski definition) is 1. The van der Waals surface area contributed by atoms with Gasteiger partial charge in [0, 0.05) is 31.2 Å². The van der Waals surface area contributed by atoms with E-state index in [2.05, 4.69) is 17.1 Å². The Kier molecular flexibility index (Phi) is 5.42. The highest BCUT2D eigenvalue weighted by molar-refractivity contribution is 5.99. The van der Waals surface area contributed by atoms with Crippen LogP contribution in [0.1, 0.15) is 49.9 Å². The molecule has 2 saturated heterocycles. The molecule has 3 rings (SSSR count). The largest absolute Gasteiger partial charge is 0.351 e. The maximum Gasteiger partial charge on any atom is 0.254 e. The summed E-state index contributed by atoms with van der Waals surface area (Å²) < 4.78 is 0. The summed E-state index contributed by atoms with van der Waals surface area (Å²) in [6.07, 6.45) is 3.58. The number of carbonyl (C=O) groups is 2. The lowest BCUT2D eigenvalue weighted by Crippen LogP contribution is -2.58. The van der Waals surface area contributed by atoms with Gasteiger partial charge in [0.25, 0.3) is 5.91 Å². The first-order valence-electron chi connectivity index (χ1n) is 9.45. The molecule has 136 valence electrons. The van der Waals surface area contributed by atoms with Crippen LogP contribution >= 0.6 is 0 Å². The zero-order valence-corrected chi connectivity index (χ0v) is 15.3. The molecule has 2 fully saturated rings. The summed E-state index contributed by atoms with van der Waals surface area (Å²) in [6, 6.07) is 9.49. The van der Waals surface area contributed by atoms with E-state index < -0.39 is 5.54 Å². The molecule has 0 spiro atoms. The van der Waals surface area contributed by atoms with Crippen LogP contribution in [0.25, 0.3) is 0 Å². The molecule has 25 heavy (non-hydrogen) atoms. The predicted octanol–water partition coefficient (Wildman–Crippen LogP) is 2.28. The summed E-state index contributed by atoms with van der Waals surface area (Å²) in [7, 11) is 0. The van der Waals surface area contributed by atoms with Gasteiger partial charge in [-0.2, -0.15) is 0 Å². The topological polar surface area (TPSA) is 52.7 Å². The molecule has 0 radical (unpaired) electrons. The van der Waals surface area contributed by atoms with Crippen LogP contribution in [0.3, 0.4) is 0 Å². The molecule has 5 heteroatoms. The maximum absolute atomic E-state index is 13.0. The Morgan fingerprint density at radius 1 is 1.16 bits per heavy atom. The molecular weight excluding hydrogens is 314 g/mol. The normalized spacial score (nSPS) is 25.1. The number of benzene rings is 1. The second-order valence-corrected chi connectivity index (χ2v) is 7.38. The van der Waals surface area contributed by atoms with E-state index >= 15 is 0 Å². The summed E-state index contributed by atoms with van der Waals surface area (Å²) in [6.45, 7) is 7.86. The minimum atomic E-state index is -0.741. The molecule has 1 aromatic rings. The van der Waals surface area contributed by atoms with E-state index in [4.69, 9.17) is 0 Å². The Morgan fingerprint density at radius 2 is 1.84 bits per heavy atom. The van der Waals surface area contributed by atoms with Crippen molar-refractivity contribution in [3.05, 3.63) is 35.9 Å². The molecule has 0 aromatic heterocycles. The van der Waals surface area contributed by atoms with Crippen molar-refractivity contribution in [2.24, 2.45) is 0 Å². The van der Waals surface area contributed by atoms with Crippen LogP contribution in [0.2, 0.25) is 0 Å². The molecule has 2 amide bonds. The number of piperidine rings is 1. The minimum absolute atomic E-state index is 0.00392. The maximum atomic E-state index is 13.0. The van der Waals surface area contributed by atoms with Crippen molar-refractivity contribution in [1.29, 1.82) is 0 Å². The standard InChI is InChI=1S/C20H29N3O2/c1-3-22-14-10-17(11-15-22)21-19(25)20(2)12-7-13-23(20)18(24)16-8-5-4-6-9-16/h4-6,8-9,17H,3,7,10-15H2,1-2H3,(H,21,25). The zero-order chi connectivity index (χ0) is 17.9. The van der Waals surface area contributed by atoms with Gasteiger partial charge in [0.1, 0.15) is 5.54 Å². The van der Waals surface area contributed by atoms with E-state index in [9.17, 15) is 9.59 Å². The molecular formula is C20H29N3O2. The highest BCUT2D eigenvalue weighted by atomic mass is 16.2. The van der Waals surface area contributed by atoms with E-state index in [1.165, 1.54) is 0 Å². The summed E-state index contributed by atoms with van der Waals surface area (Å²) in [5.74, 6) is -0.0409. The third kappa shape index (κ3) is 3.71. The van der Waals surface area contributed by atoms with Crippen LogP contribution in [-0.2, 0) is 4.79 Å². The number of nitrogens with zero attached hydrogens (tertiary/aromatic N) is 2. The van der Waals surface area contributed by atoms with E-state index in [1.54, 1.807) is 4.90 Å². The Balaban J connectivity index is 1.67. The van der Waals surface area contributed by atoms with Crippen LogP contribution in [0, 0.1) is 0 Å². The van der Waals surface area contributed by atoms with Crippen molar-refractivity contribution in [3.63, 3.8) is 0 Å². The van der Waals surface area contributed by atoms with Crippen molar-refractivity contribution >= 4 is 11.8 Å². The van der Waals surface area contributed by atoms with Crippen molar-refractivity contribution < 1.29 is 9.59 Å². The van der Waals surface area contributed by atoms with Crippen LogP contribution in [0.15, 0.2) is 30.3 Å². The minimum Gasteiger partial charge on any atom is -0.351 e. The molecule has 2 aliphatic heterocycles. The lowest BCUT2D eigenvalue weighted by atomic mass is 9.95. The second-order valence-electron chi connectivity index (χ2n) is 7.38. The number of hydrogen-bond acceptors (Lipinski definition) is 3. The fourth-order valence-corrected chi connectivity index (χ4v) is 4.00. The Labute approximate surface area is 150 Å². The van der Waals surface area contributed by atoms with Crippen LogP contribution < -0.4 is 5.32 Å². The molecule has 5 nitrogen and oxygen atoms in total. The average Bonchev–Trinajstić information content (AvgIpc) is 3.05. The molecule has 1 unspecified atom stereocenters. The van der Waals surface area contributed by atoms with E-state index in [1.807, 2.05) is 37.3 Å². The Bertz CT molecular complexity index is 611. The van der Waals surface area contributed by atoms with Crippen molar-refractivity contribution in [2.75, 3.05) is 26.2 Å². The van der Waals surface area contributed by atoms with Gasteiger partial charge in [-0.1, -0.05) is 25.1 Å². The summed E-state index contributed by atoms with van der Waals surface area (Å²) >= 11 is 0. The third-order valence-corrected chi connectivity index (χ3v) is 5.77. The molecule has 0 bridgehead atoms. The summed E-state index contributed by atoms with van der Waals surface area (Å²) in [5, 5.41) is 3.22. The number of amides is 2. The lowest BCUT2D eigenvalue weighted by Gasteiger charge is -2.37. The van der Waals surface area contributed by atoms with Gasteiger partial charge in [-0.15, -0.1) is 0 Å². The summed E-state index contributed by atoms with van der Waals surface area (Å²) in [4.78, 5) is 30.1. The molecule has 1 atom stereocenters. The molecule has 0 saturated carbocycles. The van der Waals surface area contributed by atoms with E-state index in [0.29, 0.717) is 12.1 Å². The van der Waals surface area contributed by atoms with Crippen molar-refractivity contribution in [1.82, 2.24) is 15.1 Å². The van der Waals surface area contributed by atoms with Gasteiger partial charge in [-0.3, -0.25) is 9.59 Å². The average molecular weight is 343 g/mol. The lowest BCUT2D eigenvalue weighted by molar-refractivity contribution is -0.131. The van der Waals surface area contributed by atoms with Gasteiger partial charge in [-0.25, -0.2) is 0 Å². The SMILES string of the molecule is CCN1CCC(NC(=O)C2(C)CCCN2C(=O)c2ccccc2)CC1. The van der Waals surface area contributed by atoms with Crippen LogP contribution in [0.4, 0.5) is 0 Å². The smallest absolute Gasteiger partial charge is 0.254 e. The number of nitrogens with one attached hydrogen (secondary N) is 1. The number of rotatable bonds is 4. The van der Waals surface area contributed by atoms with Crippen LogP contribution in [-0.4, -0.2) is 59.4 Å². The van der Waals surface area contributed by atoms with E-state index in [0.717, 1.165) is 45.3 Å². The Hall–Kier alpha value is -1.88. The van der Waals surface area contributed by atoms with Gasteiger partial charge in [0.15, 0.2) is 0 Å². The quantitative estimate of drug-likeness (QED) is 0.912. The monoisotopic (exact) mass is 343 g/mol. The Morgan fingerprint density at radius 3 is 2.48 bits per heavy atom. The zero-order valence-electron chi connectivity index (χ0n) is 15.3. The van der Waals surface area contributed by atoms with Crippen molar-refractivity contribution in [2.45, 2.75) is 51.1 Å². The van der Waals surface area contributed by atoms with Gasteiger partial charge in [0.05, 0.1) is 0 Å². The first-order chi connectivity index (χ1) is 12.0. The molecule has 2 heterocycles. The first-order valence-corrected chi connectivity index (χ1v) is 9.45. The second kappa shape index (κ2) is 7.56. The fraction of sp³-hybridized carbons (Fsp3) is 0.600. The molecule has 2 aliphatic rings. The highest BCUT2D eigenvalue weighted by Gasteiger charge is 2.46.